The largest absolute Gasteiger partial charge is 0.455 e. The van der Waals surface area contributed by atoms with Gasteiger partial charge < -0.3 is 18.3 Å². The Morgan fingerprint density at radius 1 is 0.435 bits per heavy atom. The van der Waals surface area contributed by atoms with E-state index in [-0.39, 0.29) is 0 Å². The van der Waals surface area contributed by atoms with Crippen LogP contribution in [0.3, 0.4) is 0 Å². The van der Waals surface area contributed by atoms with E-state index in [4.69, 9.17) is 9.15 Å². The first-order valence-corrected chi connectivity index (χ1v) is 15.6. The normalized spacial score (nSPS) is 12.5. The fraction of sp³-hybridized carbons (Fsp3) is 0. The van der Waals surface area contributed by atoms with Crippen molar-refractivity contribution in [1.82, 2.24) is 9.13 Å². The molecule has 0 amide bonds. The maximum atomic E-state index is 6.50. The van der Waals surface area contributed by atoms with Crippen molar-refractivity contribution in [3.63, 3.8) is 0 Å². The molecule has 4 nitrogen and oxygen atoms in total. The summed E-state index contributed by atoms with van der Waals surface area (Å²) in [6, 6.07) is 51.6. The van der Waals surface area contributed by atoms with Gasteiger partial charge in [-0.1, -0.05) is 84.9 Å². The molecule has 0 spiro atoms. The van der Waals surface area contributed by atoms with Crippen molar-refractivity contribution in [2.24, 2.45) is 0 Å². The van der Waals surface area contributed by atoms with E-state index in [2.05, 4.69) is 130 Å². The summed E-state index contributed by atoms with van der Waals surface area (Å²) in [4.78, 5) is 0. The molecule has 1 aliphatic rings. The standard InChI is InChI=1S/C42H24N2O2/c1-3-13-32-30(10-1)40-35(24-23-29-28-9-2-5-16-36(28)46-42(29)40)43(32)26-21-19-25(20-22-26)27-11-7-15-34-39(27)31-12-8-18-38-41(31)44(34)33-14-4-6-17-37(33)45-38/h1-24H. The Labute approximate surface area is 262 Å². The molecule has 0 N–H and O–H groups in total. The summed E-state index contributed by atoms with van der Waals surface area (Å²) in [6.45, 7) is 0. The van der Waals surface area contributed by atoms with Crippen LogP contribution < -0.4 is 4.74 Å². The molecule has 0 atom stereocenters. The Hall–Kier alpha value is -6.26. The Morgan fingerprint density at radius 3 is 2.09 bits per heavy atom. The first kappa shape index (κ1) is 24.1. The summed E-state index contributed by atoms with van der Waals surface area (Å²) < 4.78 is 17.6. The summed E-state index contributed by atoms with van der Waals surface area (Å²) >= 11 is 0. The molecule has 4 heteroatoms. The molecular weight excluding hydrogens is 564 g/mol. The lowest BCUT2D eigenvalue weighted by Gasteiger charge is -2.20. The maximum absolute atomic E-state index is 6.50. The van der Waals surface area contributed by atoms with Gasteiger partial charge in [-0.25, -0.2) is 0 Å². The van der Waals surface area contributed by atoms with E-state index in [9.17, 15) is 0 Å². The second-order valence-electron chi connectivity index (χ2n) is 12.1. The Bertz CT molecular complexity index is 2880. The third-order valence-electron chi connectivity index (χ3n) is 9.72. The van der Waals surface area contributed by atoms with Crippen LogP contribution in [0.2, 0.25) is 0 Å². The third kappa shape index (κ3) is 3.03. The van der Waals surface area contributed by atoms with Crippen LogP contribution in [0.25, 0.3) is 88.1 Å². The Morgan fingerprint density at radius 2 is 1.15 bits per heavy atom. The van der Waals surface area contributed by atoms with Gasteiger partial charge in [-0.2, -0.15) is 0 Å². The first-order valence-electron chi connectivity index (χ1n) is 15.6. The average molecular weight is 589 g/mol. The fourth-order valence-corrected chi connectivity index (χ4v) is 7.81. The lowest BCUT2D eigenvalue weighted by atomic mass is 9.99. The summed E-state index contributed by atoms with van der Waals surface area (Å²) in [5.74, 6) is 1.76. The Kier molecular flexibility index (Phi) is 4.55. The predicted molar refractivity (Wildman–Crippen MR) is 188 cm³/mol. The van der Waals surface area contributed by atoms with E-state index in [1.165, 1.54) is 32.8 Å². The van der Waals surface area contributed by atoms with Gasteiger partial charge in [0, 0.05) is 32.6 Å². The van der Waals surface area contributed by atoms with Crippen molar-refractivity contribution in [3.05, 3.63) is 146 Å². The van der Waals surface area contributed by atoms with Gasteiger partial charge in [-0.05, 0) is 71.8 Å². The van der Waals surface area contributed by atoms with Crippen LogP contribution in [0.5, 0.6) is 11.5 Å². The highest BCUT2D eigenvalue weighted by molar-refractivity contribution is 6.24. The van der Waals surface area contributed by atoms with Gasteiger partial charge in [0.2, 0.25) is 0 Å². The van der Waals surface area contributed by atoms with Crippen molar-refractivity contribution >= 4 is 65.6 Å². The highest BCUT2D eigenvalue weighted by Crippen LogP contribution is 2.47. The lowest BCUT2D eigenvalue weighted by molar-refractivity contribution is 0.476. The highest BCUT2D eigenvalue weighted by Gasteiger charge is 2.25. The maximum Gasteiger partial charge on any atom is 0.152 e. The second kappa shape index (κ2) is 8.68. The molecular formula is C42H24N2O2. The smallest absolute Gasteiger partial charge is 0.152 e. The Balaban J connectivity index is 1.13. The number of nitrogens with zero attached hydrogens (tertiary/aromatic N) is 2. The van der Waals surface area contributed by atoms with E-state index < -0.39 is 0 Å². The minimum absolute atomic E-state index is 0.876. The van der Waals surface area contributed by atoms with Gasteiger partial charge in [-0.15, -0.1) is 0 Å². The molecule has 214 valence electrons. The summed E-state index contributed by atoms with van der Waals surface area (Å²) in [5, 5.41) is 7.06. The highest BCUT2D eigenvalue weighted by atomic mass is 16.5. The van der Waals surface area contributed by atoms with Crippen LogP contribution in [0.4, 0.5) is 0 Å². The van der Waals surface area contributed by atoms with Crippen molar-refractivity contribution in [3.8, 4) is 34.0 Å². The number of furan rings is 1. The summed E-state index contributed by atoms with van der Waals surface area (Å²) in [5.41, 5.74) is 11.0. The van der Waals surface area contributed by atoms with E-state index in [1.54, 1.807) is 0 Å². The molecule has 0 radical (unpaired) electrons. The molecule has 0 unspecified atom stereocenters. The third-order valence-corrected chi connectivity index (χ3v) is 9.72. The molecule has 7 aromatic carbocycles. The van der Waals surface area contributed by atoms with Crippen molar-refractivity contribution in [1.29, 1.82) is 0 Å². The summed E-state index contributed by atoms with van der Waals surface area (Å²) in [6.07, 6.45) is 0. The number of aromatic nitrogens is 2. The van der Waals surface area contributed by atoms with Gasteiger partial charge in [0.1, 0.15) is 11.2 Å². The number of benzene rings is 7. The van der Waals surface area contributed by atoms with Crippen LogP contribution >= 0.6 is 0 Å². The molecule has 3 aromatic heterocycles. The number of para-hydroxylation sites is 5. The molecule has 1 aliphatic heterocycles. The molecule has 0 bridgehead atoms. The van der Waals surface area contributed by atoms with E-state index in [1.807, 2.05) is 24.3 Å². The van der Waals surface area contributed by atoms with E-state index in [0.29, 0.717) is 0 Å². The SMILES string of the molecule is c1ccc2c(c1)Oc1cccc3c4c(-c5ccc(-n6c7ccccc7c7c8oc9ccccc9c8ccc76)cc5)cccc4n-2c13. The zero-order valence-corrected chi connectivity index (χ0v) is 24.6. The van der Waals surface area contributed by atoms with Crippen LogP contribution in [0.1, 0.15) is 0 Å². The van der Waals surface area contributed by atoms with Gasteiger partial charge in [0.15, 0.2) is 11.5 Å². The fourth-order valence-electron chi connectivity index (χ4n) is 7.81. The molecule has 11 rings (SSSR count). The molecule has 0 saturated carbocycles. The average Bonchev–Trinajstić information content (AvgIpc) is 3.77. The number of rotatable bonds is 2. The van der Waals surface area contributed by atoms with Gasteiger partial charge in [-0.3, -0.25) is 0 Å². The van der Waals surface area contributed by atoms with Crippen LogP contribution in [-0.2, 0) is 0 Å². The molecule has 0 aliphatic carbocycles. The van der Waals surface area contributed by atoms with Gasteiger partial charge >= 0.3 is 0 Å². The molecule has 0 fully saturated rings. The van der Waals surface area contributed by atoms with Crippen molar-refractivity contribution in [2.45, 2.75) is 0 Å². The number of fused-ring (bicyclic) bond motifs is 12. The first-order chi connectivity index (χ1) is 22.8. The zero-order chi connectivity index (χ0) is 29.9. The molecule has 46 heavy (non-hydrogen) atoms. The monoisotopic (exact) mass is 588 g/mol. The van der Waals surface area contributed by atoms with Crippen LogP contribution in [-0.4, -0.2) is 9.13 Å². The number of hydrogen-bond acceptors (Lipinski definition) is 2. The van der Waals surface area contributed by atoms with Crippen molar-refractivity contribution < 1.29 is 9.15 Å². The quantitative estimate of drug-likeness (QED) is 0.201. The number of ether oxygens (including phenoxy) is 1. The van der Waals surface area contributed by atoms with E-state index >= 15 is 0 Å². The molecule has 4 heterocycles. The molecule has 0 saturated heterocycles. The van der Waals surface area contributed by atoms with E-state index in [0.717, 1.165) is 66.7 Å². The minimum atomic E-state index is 0.876. The lowest BCUT2D eigenvalue weighted by Crippen LogP contribution is -2.03. The van der Waals surface area contributed by atoms with Gasteiger partial charge in [0.05, 0.1) is 33.1 Å². The molecule has 10 aromatic rings. The van der Waals surface area contributed by atoms with Crippen LogP contribution in [0, 0.1) is 0 Å². The number of hydrogen-bond donors (Lipinski definition) is 0. The second-order valence-corrected chi connectivity index (χ2v) is 12.1. The zero-order valence-electron chi connectivity index (χ0n) is 24.6. The summed E-state index contributed by atoms with van der Waals surface area (Å²) in [7, 11) is 0. The topological polar surface area (TPSA) is 32.2 Å². The van der Waals surface area contributed by atoms with Gasteiger partial charge in [0.25, 0.3) is 0 Å². The van der Waals surface area contributed by atoms with Crippen LogP contribution in [0.15, 0.2) is 150 Å². The predicted octanol–water partition coefficient (Wildman–Crippen LogP) is 11.6. The minimum Gasteiger partial charge on any atom is -0.455 e. The van der Waals surface area contributed by atoms with Crippen molar-refractivity contribution in [2.75, 3.05) is 0 Å².